The number of rotatable bonds is 6. The van der Waals surface area contributed by atoms with Crippen molar-refractivity contribution in [2.45, 2.75) is 40.0 Å². The number of guanidine groups is 1. The van der Waals surface area contributed by atoms with Crippen LogP contribution in [0.4, 0.5) is 0 Å². The second-order valence-corrected chi connectivity index (χ2v) is 9.20. The molecule has 2 saturated heterocycles. The Morgan fingerprint density at radius 2 is 1.74 bits per heavy atom. The number of morpholine rings is 1. The number of aliphatic imine (C=N–C) groups is 1. The first kappa shape index (κ1) is 25.9. The Kier molecular flexibility index (Phi) is 10.6. The molecule has 174 valence electrons. The Morgan fingerprint density at radius 3 is 2.35 bits per heavy atom. The minimum atomic E-state index is 0. The molecule has 7 heteroatoms. The molecule has 1 amide bonds. The summed E-state index contributed by atoms with van der Waals surface area (Å²) in [5, 5.41) is 3.46. The quantitative estimate of drug-likeness (QED) is 0.340. The van der Waals surface area contributed by atoms with Crippen LogP contribution in [-0.4, -0.2) is 74.1 Å². The Balaban J connectivity index is 0.00000341. The summed E-state index contributed by atoms with van der Waals surface area (Å²) in [5.41, 5.74) is 1.44. The van der Waals surface area contributed by atoms with Crippen molar-refractivity contribution in [3.8, 4) is 0 Å². The van der Waals surface area contributed by atoms with Crippen molar-refractivity contribution in [2.75, 3.05) is 52.5 Å². The molecule has 6 nitrogen and oxygen atoms in total. The Hall–Kier alpha value is -1.35. The van der Waals surface area contributed by atoms with E-state index in [0.717, 1.165) is 64.5 Å². The van der Waals surface area contributed by atoms with Crippen molar-refractivity contribution in [3.63, 3.8) is 0 Å². The van der Waals surface area contributed by atoms with Gasteiger partial charge in [0.15, 0.2) is 5.96 Å². The monoisotopic (exact) mass is 542 g/mol. The number of ether oxygens (including phenoxy) is 1. The molecule has 0 aliphatic carbocycles. The number of nitrogens with zero attached hydrogens (tertiary/aromatic N) is 3. The van der Waals surface area contributed by atoms with E-state index in [1.165, 1.54) is 5.56 Å². The fourth-order valence-corrected chi connectivity index (χ4v) is 4.30. The van der Waals surface area contributed by atoms with Crippen molar-refractivity contribution >= 4 is 35.8 Å². The molecule has 3 rings (SSSR count). The van der Waals surface area contributed by atoms with Crippen LogP contribution in [0.25, 0.3) is 0 Å². The number of likely N-dealkylation sites (tertiary alicyclic amines) is 1. The van der Waals surface area contributed by atoms with Crippen LogP contribution in [0.5, 0.6) is 0 Å². The van der Waals surface area contributed by atoms with Gasteiger partial charge in [0.2, 0.25) is 5.91 Å². The molecule has 0 unspecified atom stereocenters. The molecule has 1 N–H and O–H groups in total. The van der Waals surface area contributed by atoms with Crippen LogP contribution in [-0.2, 0) is 16.0 Å². The van der Waals surface area contributed by atoms with Gasteiger partial charge in [-0.2, -0.15) is 0 Å². The molecular formula is C24H39IN4O2. The number of hydrogen-bond acceptors (Lipinski definition) is 3. The van der Waals surface area contributed by atoms with E-state index < -0.39 is 0 Å². The smallest absolute Gasteiger partial charge is 0.225 e. The number of carbonyl (C=O) groups is 1. The van der Waals surface area contributed by atoms with Gasteiger partial charge in [-0.3, -0.25) is 9.79 Å². The molecule has 0 aromatic heterocycles. The average Bonchev–Trinajstić information content (AvgIpc) is 2.77. The summed E-state index contributed by atoms with van der Waals surface area (Å²) < 4.78 is 5.38. The lowest BCUT2D eigenvalue weighted by atomic mass is 9.86. The van der Waals surface area contributed by atoms with E-state index in [-0.39, 0.29) is 35.3 Å². The molecule has 2 aliphatic heterocycles. The largest absolute Gasteiger partial charge is 0.378 e. The van der Waals surface area contributed by atoms with E-state index >= 15 is 0 Å². The maximum atomic E-state index is 12.8. The maximum Gasteiger partial charge on any atom is 0.225 e. The number of carbonyl (C=O) groups excluding carboxylic acids is 1. The molecular weight excluding hydrogens is 503 g/mol. The fourth-order valence-electron chi connectivity index (χ4n) is 4.30. The molecule has 0 bridgehead atoms. The number of hydrogen-bond donors (Lipinski definition) is 1. The van der Waals surface area contributed by atoms with Gasteiger partial charge in [0.25, 0.3) is 0 Å². The van der Waals surface area contributed by atoms with E-state index in [1.54, 1.807) is 0 Å². The van der Waals surface area contributed by atoms with Crippen molar-refractivity contribution in [2.24, 2.45) is 16.3 Å². The number of halogens is 1. The van der Waals surface area contributed by atoms with Crippen LogP contribution in [0, 0.1) is 11.3 Å². The lowest BCUT2D eigenvalue weighted by molar-refractivity contribution is -0.140. The standard InChI is InChI=1S/C24H38N4O2.HI/c1-4-25-23(26-19-24(2,3)18-20-8-6-5-7-9-20)28-12-10-21(11-13-28)22(29)27-14-16-30-17-15-27;/h5-9,21H,4,10-19H2,1-3H3,(H,25,26);1H. The van der Waals surface area contributed by atoms with Crippen LogP contribution >= 0.6 is 24.0 Å². The molecule has 0 spiro atoms. The van der Waals surface area contributed by atoms with Gasteiger partial charge in [0.1, 0.15) is 0 Å². The summed E-state index contributed by atoms with van der Waals surface area (Å²) in [6.45, 7) is 12.9. The second-order valence-electron chi connectivity index (χ2n) is 9.20. The minimum absolute atomic E-state index is 0. The molecule has 1 aromatic rings. The third-order valence-corrected chi connectivity index (χ3v) is 5.98. The van der Waals surface area contributed by atoms with Crippen LogP contribution in [0.1, 0.15) is 39.2 Å². The molecule has 1 aromatic carbocycles. The van der Waals surface area contributed by atoms with Gasteiger partial charge >= 0.3 is 0 Å². The van der Waals surface area contributed by atoms with E-state index in [9.17, 15) is 4.79 Å². The summed E-state index contributed by atoms with van der Waals surface area (Å²) in [6.07, 6.45) is 2.80. The lowest BCUT2D eigenvalue weighted by Gasteiger charge is -2.37. The topological polar surface area (TPSA) is 57.2 Å². The van der Waals surface area contributed by atoms with Gasteiger partial charge in [-0.15, -0.1) is 24.0 Å². The zero-order valence-electron chi connectivity index (χ0n) is 19.3. The van der Waals surface area contributed by atoms with Crippen LogP contribution in [0.15, 0.2) is 35.3 Å². The number of amides is 1. The third-order valence-electron chi connectivity index (χ3n) is 5.98. The first-order valence-corrected chi connectivity index (χ1v) is 11.4. The van der Waals surface area contributed by atoms with Gasteiger partial charge in [0.05, 0.1) is 13.2 Å². The van der Waals surface area contributed by atoms with Crippen molar-refractivity contribution in [1.82, 2.24) is 15.1 Å². The van der Waals surface area contributed by atoms with E-state index in [2.05, 4.69) is 61.3 Å². The molecule has 0 atom stereocenters. The molecule has 0 radical (unpaired) electrons. The Morgan fingerprint density at radius 1 is 1.10 bits per heavy atom. The van der Waals surface area contributed by atoms with Gasteiger partial charge in [-0.05, 0) is 37.2 Å². The maximum absolute atomic E-state index is 12.8. The molecule has 0 saturated carbocycles. The zero-order valence-corrected chi connectivity index (χ0v) is 21.6. The molecule has 2 heterocycles. The molecule has 31 heavy (non-hydrogen) atoms. The Labute approximate surface area is 204 Å². The van der Waals surface area contributed by atoms with Crippen LogP contribution < -0.4 is 5.32 Å². The van der Waals surface area contributed by atoms with Crippen molar-refractivity contribution in [3.05, 3.63) is 35.9 Å². The number of piperidine rings is 1. The van der Waals surface area contributed by atoms with Crippen molar-refractivity contribution < 1.29 is 9.53 Å². The first-order chi connectivity index (χ1) is 14.5. The average molecular weight is 543 g/mol. The normalized spacial score (nSPS) is 18.5. The minimum Gasteiger partial charge on any atom is -0.378 e. The fraction of sp³-hybridized carbons (Fsp3) is 0.667. The second kappa shape index (κ2) is 12.6. The SMILES string of the molecule is CCNC(=NCC(C)(C)Cc1ccccc1)N1CCC(C(=O)N2CCOCC2)CC1.I. The predicted molar refractivity (Wildman–Crippen MR) is 137 cm³/mol. The number of benzene rings is 1. The highest BCUT2D eigenvalue weighted by atomic mass is 127. The Bertz CT molecular complexity index is 697. The zero-order chi connectivity index (χ0) is 21.4. The van der Waals surface area contributed by atoms with Gasteiger partial charge in [-0.25, -0.2) is 0 Å². The summed E-state index contributed by atoms with van der Waals surface area (Å²) in [6, 6.07) is 10.6. The summed E-state index contributed by atoms with van der Waals surface area (Å²) in [5.74, 6) is 1.43. The third kappa shape index (κ3) is 7.93. The molecule has 2 fully saturated rings. The summed E-state index contributed by atoms with van der Waals surface area (Å²) >= 11 is 0. The van der Waals surface area contributed by atoms with Crippen LogP contribution in [0.3, 0.4) is 0 Å². The van der Waals surface area contributed by atoms with Gasteiger partial charge in [0, 0.05) is 45.2 Å². The van der Waals surface area contributed by atoms with Gasteiger partial charge in [-0.1, -0.05) is 44.2 Å². The highest BCUT2D eigenvalue weighted by Gasteiger charge is 2.30. The van der Waals surface area contributed by atoms with Crippen molar-refractivity contribution in [1.29, 1.82) is 0 Å². The highest BCUT2D eigenvalue weighted by molar-refractivity contribution is 14.0. The molecule has 2 aliphatic rings. The van der Waals surface area contributed by atoms with E-state index in [4.69, 9.17) is 9.73 Å². The van der Waals surface area contributed by atoms with E-state index in [1.807, 2.05) is 4.90 Å². The van der Waals surface area contributed by atoms with Gasteiger partial charge < -0.3 is 19.9 Å². The predicted octanol–water partition coefficient (Wildman–Crippen LogP) is 3.41. The van der Waals surface area contributed by atoms with Crippen LogP contribution in [0.2, 0.25) is 0 Å². The summed E-state index contributed by atoms with van der Waals surface area (Å²) in [7, 11) is 0. The first-order valence-electron chi connectivity index (χ1n) is 11.4. The highest BCUT2D eigenvalue weighted by Crippen LogP contribution is 2.24. The number of nitrogens with one attached hydrogen (secondary N) is 1. The lowest BCUT2D eigenvalue weighted by Crippen LogP contribution is -2.50. The van der Waals surface area contributed by atoms with E-state index in [0.29, 0.717) is 19.1 Å². The summed E-state index contributed by atoms with van der Waals surface area (Å²) in [4.78, 5) is 22.1.